The number of carbonyl (C=O) groups excluding carboxylic acids is 10. The maximum absolute atomic E-state index is 14.6. The van der Waals surface area contributed by atoms with E-state index in [1.54, 1.807) is 58.9 Å². The number of aliphatic hydroxyl groups is 1. The van der Waals surface area contributed by atoms with Gasteiger partial charge in [0, 0.05) is 95.3 Å². The first kappa shape index (κ1) is 73.7. The number of nitrogens with one attached hydrogen (secondary N) is 3. The van der Waals surface area contributed by atoms with Gasteiger partial charge in [0.05, 0.1) is 38.5 Å². The molecule has 26 heteroatoms. The molecule has 6 N–H and O–H groups in total. The molecule has 6 rings (SSSR count). The van der Waals surface area contributed by atoms with Crippen LogP contribution in [0.3, 0.4) is 0 Å². The molecule has 496 valence electrons. The highest BCUT2D eigenvalue weighted by Crippen LogP contribution is 2.49. The lowest BCUT2D eigenvalue weighted by molar-refractivity contribution is -0.158. The van der Waals surface area contributed by atoms with Crippen LogP contribution < -0.4 is 36.1 Å². The third kappa shape index (κ3) is 18.3. The zero-order valence-corrected chi connectivity index (χ0v) is 55.3. The minimum absolute atomic E-state index is 0. The predicted molar refractivity (Wildman–Crippen MR) is 338 cm³/mol. The zero-order valence-electron chi connectivity index (χ0n) is 53.6. The molecule has 8 amide bonds. The Morgan fingerprint density at radius 3 is 2.29 bits per heavy atom. The molecule has 24 nitrogen and oxygen atoms in total. The van der Waals surface area contributed by atoms with E-state index in [2.05, 4.69) is 16.0 Å². The van der Waals surface area contributed by atoms with Crippen LogP contribution in [0.2, 0.25) is 5.02 Å². The van der Waals surface area contributed by atoms with Gasteiger partial charge in [-0.25, -0.2) is 14.4 Å². The molecule has 3 saturated heterocycles. The van der Waals surface area contributed by atoms with E-state index in [0.29, 0.717) is 49.2 Å². The lowest BCUT2D eigenvalue weighted by Gasteiger charge is -2.42. The molecule has 0 aromatic heterocycles. The van der Waals surface area contributed by atoms with Gasteiger partial charge in [-0.3, -0.25) is 43.8 Å². The number of primary amides is 1. The summed E-state index contributed by atoms with van der Waals surface area (Å²) in [7, 11) is 7.12. The van der Waals surface area contributed by atoms with Crippen LogP contribution in [-0.2, 0) is 65.4 Å². The second-order valence-electron chi connectivity index (χ2n) is 24.4. The third-order valence-corrected chi connectivity index (χ3v) is 17.8. The maximum Gasteiger partial charge on any atom is 0.409 e. The fourth-order valence-corrected chi connectivity index (χ4v) is 12.0. The Morgan fingerprint density at radius 1 is 0.956 bits per heavy atom. The first-order valence-electron chi connectivity index (χ1n) is 30.2. The van der Waals surface area contributed by atoms with Crippen LogP contribution in [-0.4, -0.2) is 170 Å². The van der Waals surface area contributed by atoms with E-state index in [1.165, 1.54) is 70.3 Å². The molecule has 0 aliphatic carbocycles. The lowest BCUT2D eigenvalue weighted by atomic mass is 9.83. The zero-order chi connectivity index (χ0) is 65.8. The van der Waals surface area contributed by atoms with Crippen molar-refractivity contribution in [3.8, 4) is 11.5 Å². The minimum atomic E-state index is -1.92. The van der Waals surface area contributed by atoms with Crippen molar-refractivity contribution >= 4 is 90.0 Å². The predicted octanol–water partition coefficient (Wildman–Crippen LogP) is 6.18. The summed E-state index contributed by atoms with van der Waals surface area (Å²) < 4.78 is 35.3. The fourth-order valence-electron chi connectivity index (χ4n) is 11.7. The van der Waals surface area contributed by atoms with Gasteiger partial charge in [0.25, 0.3) is 5.91 Å². The molecular weight excluding hydrogens is 1210 g/mol. The summed E-state index contributed by atoms with van der Waals surface area (Å²) in [6.07, 6.45) is 2.03. The molecule has 4 aliphatic rings. The molecule has 0 spiro atoms. The number of amides is 8. The third-order valence-electron chi connectivity index (χ3n) is 17.4. The number of likely N-dealkylation sites (tertiary alicyclic amines) is 1. The Labute approximate surface area is 538 Å². The number of rotatable bonds is 25. The number of nitrogens with two attached hydrogens (primary N) is 1. The topological polar surface area (TPSA) is 321 Å². The van der Waals surface area contributed by atoms with Gasteiger partial charge in [-0.2, -0.15) is 13.5 Å². The van der Waals surface area contributed by atoms with Crippen LogP contribution in [0.5, 0.6) is 11.5 Å². The van der Waals surface area contributed by atoms with E-state index < -0.39 is 108 Å². The van der Waals surface area contributed by atoms with Gasteiger partial charge in [-0.1, -0.05) is 75.6 Å². The molecule has 11 atom stereocenters. The van der Waals surface area contributed by atoms with Gasteiger partial charge in [-0.05, 0) is 88.6 Å². The van der Waals surface area contributed by atoms with Crippen LogP contribution in [0.15, 0.2) is 54.1 Å². The Bertz CT molecular complexity index is 3070. The number of anilines is 1. The summed E-state index contributed by atoms with van der Waals surface area (Å²) in [5, 5.41) is 20.0. The highest BCUT2D eigenvalue weighted by molar-refractivity contribution is 7.59. The number of unbranched alkanes of at least 4 members (excludes halogenated alkanes) is 2. The van der Waals surface area contributed by atoms with Crippen molar-refractivity contribution in [3.05, 3.63) is 75.8 Å². The highest BCUT2D eigenvalue weighted by atomic mass is 35.5. The quantitative estimate of drug-likeness (QED) is 0.0321. The van der Waals surface area contributed by atoms with Crippen molar-refractivity contribution in [1.82, 2.24) is 25.8 Å². The Hall–Kier alpha value is -7.06. The van der Waals surface area contributed by atoms with Gasteiger partial charge in [0.15, 0.2) is 11.5 Å². The molecule has 1 unspecified atom stereocenters. The summed E-state index contributed by atoms with van der Waals surface area (Å²) >= 11 is 6.86. The number of urea groups is 1. The number of hydrogen-bond donors (Lipinski definition) is 5. The molecule has 0 radical (unpaired) electrons. The number of benzene rings is 2. The fraction of sp³-hybridized carbons (Fsp3) is 0.594. The number of ketones is 2. The Kier molecular flexibility index (Phi) is 26.4. The van der Waals surface area contributed by atoms with Gasteiger partial charge in [0.1, 0.15) is 52.3 Å². The number of epoxide rings is 1. The smallest absolute Gasteiger partial charge is 0.409 e. The molecule has 4 aliphatic heterocycles. The van der Waals surface area contributed by atoms with Crippen LogP contribution in [0.4, 0.5) is 15.3 Å². The first-order valence-corrected chi connectivity index (χ1v) is 30.6. The Balaban J connectivity index is 0.0000147. The van der Waals surface area contributed by atoms with Crippen LogP contribution in [0.25, 0.3) is 0 Å². The number of alkyl carbamates (subject to hydrolysis) is 1. The van der Waals surface area contributed by atoms with E-state index >= 15 is 0 Å². The van der Waals surface area contributed by atoms with E-state index in [-0.39, 0.29) is 111 Å². The number of likely N-dealkylation sites (N-methyl/N-ethyl adjacent to an activating group) is 1. The Morgan fingerprint density at radius 2 is 1.66 bits per heavy atom. The number of carbonyl (C=O) groups is 10. The van der Waals surface area contributed by atoms with Crippen LogP contribution >= 0.6 is 25.1 Å². The molecule has 4 heterocycles. The lowest BCUT2D eigenvalue weighted by Crippen LogP contribution is -2.63. The van der Waals surface area contributed by atoms with Crippen molar-refractivity contribution in [3.63, 3.8) is 0 Å². The van der Waals surface area contributed by atoms with Crippen molar-refractivity contribution in [2.45, 2.75) is 173 Å². The number of methoxy groups -OCH3 is 3. The van der Waals surface area contributed by atoms with Gasteiger partial charge >= 0.3 is 18.1 Å². The number of halogens is 1. The van der Waals surface area contributed by atoms with Crippen molar-refractivity contribution in [2.75, 3.05) is 53.4 Å². The molecular formula is C64H90ClN7O17S. The average Bonchev–Trinajstić information content (AvgIpc) is 1.57. The van der Waals surface area contributed by atoms with Crippen molar-refractivity contribution in [2.24, 2.45) is 29.4 Å². The van der Waals surface area contributed by atoms with Gasteiger partial charge in [-0.15, -0.1) is 0 Å². The van der Waals surface area contributed by atoms with Crippen LogP contribution in [0, 0.1) is 23.7 Å². The summed E-state index contributed by atoms with van der Waals surface area (Å²) in [5.41, 5.74) is 4.34. The summed E-state index contributed by atoms with van der Waals surface area (Å²) in [6, 6.07) is 4.77. The van der Waals surface area contributed by atoms with Crippen molar-refractivity contribution < 1.29 is 81.5 Å². The number of hydrogen-bond acceptors (Lipinski definition) is 17. The maximum atomic E-state index is 14.6. The first-order chi connectivity index (χ1) is 42.0. The molecule has 2 aromatic rings. The van der Waals surface area contributed by atoms with E-state index in [0.717, 1.165) is 16.0 Å². The minimum Gasteiger partial charge on any atom is -0.496 e. The average molecular weight is 1300 g/mol. The summed E-state index contributed by atoms with van der Waals surface area (Å²) in [4.78, 5) is 138. The number of ether oxygens (including phenoxy) is 6. The number of nitrogens with zero attached hydrogens (tertiary/aromatic N) is 3. The van der Waals surface area contributed by atoms with Crippen molar-refractivity contribution in [1.29, 1.82) is 0 Å². The number of imide groups is 1. The highest BCUT2D eigenvalue weighted by Gasteiger charge is 2.64. The van der Waals surface area contributed by atoms with E-state index in [1.807, 2.05) is 13.0 Å². The van der Waals surface area contributed by atoms with E-state index in [4.69, 9.17) is 45.8 Å². The van der Waals surface area contributed by atoms with E-state index in [9.17, 15) is 53.1 Å². The molecule has 2 aromatic carbocycles. The second-order valence-corrected chi connectivity index (χ2v) is 24.8. The standard InChI is InChI=1S/C64H88ClN7O17.H2S/c1-35(2)44(32-43(73)19-14-13-15-25-72-54(76)27-37(4)58(72)78)57(77)68-45(20-17-24-67-61(66)81)47(74)30-41-22-23-42(31-48(41)84-10)59(79)70(8)39(6)60(80)88-52-33-53(75)71(9)46-28-40(29-49(85-11)55(46)65)26-36(3)18-16-21-51(86-12)64(83)34-50(87-62(82)69-64)38(5)56-63(52,7)89-56;/h16,18,21-23,28-29,31,35,37-39,44-45,50-52,56,83H,13-15,17,19-20,24-27,30,32-34H2,1-12H3,(H,68,77)(H,69,82)(H3,66,67,81);1H2/b21-16+,36-18+;/t37?,38-,39+,44+,45+,50+,51-,52+,56+,63+,64+;/m1./s1. The molecule has 3 fully saturated rings. The SMILES string of the molecule is COc1cc(C(=O)N(C)[C@@H](C)C(=O)O[C@H]2CC(=O)N(C)c3cc(cc(OC)c3Cl)C/C(C)=C/C=C/[C@@H](OC)[C@@]3(O)C[C@H](OC(=O)N3)[C@@H](C)[C@@H]3O[C@@]23C)ccc1CC(=O)[C@H](CCCNC(N)=O)NC(=O)[C@@H](CC(=O)CCCCCN1C(=O)CC(C)C1=O)C(C)C.S. The second kappa shape index (κ2) is 32.3. The monoisotopic (exact) mass is 1300 g/mol. The van der Waals surface area contributed by atoms with Crippen LogP contribution in [0.1, 0.15) is 134 Å². The number of fused-ring (bicyclic) bond motifs is 5. The molecule has 0 saturated carbocycles. The largest absolute Gasteiger partial charge is 0.496 e. The van der Waals surface area contributed by atoms with Gasteiger partial charge in [0.2, 0.25) is 23.6 Å². The number of Topliss-reactive ketones (excluding diaryl/α,β-unsaturated/α-hetero) is 2. The molecule has 90 heavy (non-hydrogen) atoms. The van der Waals surface area contributed by atoms with Gasteiger partial charge < -0.3 is 59.7 Å². The number of allylic oxidation sites excluding steroid dienone is 3. The number of esters is 1. The summed E-state index contributed by atoms with van der Waals surface area (Å²) in [5.74, 6) is -5.14. The molecule has 4 bridgehead atoms. The normalized spacial score (nSPS) is 25.4. The summed E-state index contributed by atoms with van der Waals surface area (Å²) in [6.45, 7) is 12.5.